The van der Waals surface area contributed by atoms with Crippen molar-refractivity contribution in [2.75, 3.05) is 0 Å². The van der Waals surface area contributed by atoms with Gasteiger partial charge in [-0.05, 0) is 28.6 Å². The molecule has 0 N–H and O–H groups in total. The van der Waals surface area contributed by atoms with Crippen molar-refractivity contribution < 1.29 is 13.2 Å². The summed E-state index contributed by atoms with van der Waals surface area (Å²) in [5.74, 6) is -0.258. The molecule has 2 aromatic heterocycles. The van der Waals surface area contributed by atoms with Crippen molar-refractivity contribution in [3.05, 3.63) is 91.4 Å². The van der Waals surface area contributed by atoms with Crippen molar-refractivity contribution in [2.45, 2.75) is 25.8 Å². The van der Waals surface area contributed by atoms with Crippen LogP contribution in [0.3, 0.4) is 0 Å². The van der Waals surface area contributed by atoms with Crippen molar-refractivity contribution in [1.29, 1.82) is 0 Å². The van der Waals surface area contributed by atoms with Gasteiger partial charge in [-0.25, -0.2) is 28.1 Å². The molecule has 0 amide bonds. The molecule has 0 aliphatic heterocycles. The van der Waals surface area contributed by atoms with Crippen molar-refractivity contribution in [2.24, 2.45) is 0 Å². The van der Waals surface area contributed by atoms with Gasteiger partial charge in [-0.3, -0.25) is 0 Å². The first-order valence-electron chi connectivity index (χ1n) is 8.90. The molecule has 0 bridgehead atoms. The molecular formula is C18H15ClF3N7O3. The van der Waals surface area contributed by atoms with Crippen LogP contribution in [0, 0.1) is 0 Å². The third kappa shape index (κ3) is 4.19. The molecule has 1 aromatic carbocycles. The zero-order valence-corrected chi connectivity index (χ0v) is 17.0. The van der Waals surface area contributed by atoms with Crippen LogP contribution in [0.2, 0.25) is 5.02 Å². The van der Waals surface area contributed by atoms with Crippen LogP contribution in [-0.4, -0.2) is 33.9 Å². The van der Waals surface area contributed by atoms with E-state index in [4.69, 9.17) is 11.6 Å². The van der Waals surface area contributed by atoms with Gasteiger partial charge in [0.25, 0.3) is 0 Å². The number of aromatic nitrogens is 7. The van der Waals surface area contributed by atoms with Gasteiger partial charge in [-0.15, -0.1) is 18.3 Å². The van der Waals surface area contributed by atoms with E-state index in [1.54, 1.807) is 0 Å². The van der Waals surface area contributed by atoms with Crippen LogP contribution in [0.1, 0.15) is 11.4 Å². The second-order valence-electron chi connectivity index (χ2n) is 6.40. The van der Waals surface area contributed by atoms with Crippen LogP contribution in [0.5, 0.6) is 0 Å². The quantitative estimate of drug-likeness (QED) is 0.482. The predicted molar refractivity (Wildman–Crippen MR) is 108 cm³/mol. The zero-order chi connectivity index (χ0) is 23.6. The number of alkyl halides is 3. The number of tetrazole rings is 1. The Balaban J connectivity index is 2.21. The summed E-state index contributed by atoms with van der Waals surface area (Å²) >= 11 is 5.71. The molecule has 168 valence electrons. The van der Waals surface area contributed by atoms with E-state index in [1.807, 2.05) is 0 Å². The first kappa shape index (κ1) is 22.9. The summed E-state index contributed by atoms with van der Waals surface area (Å²) in [5.41, 5.74) is -4.45. The summed E-state index contributed by atoms with van der Waals surface area (Å²) in [7, 11) is 0. The maximum absolute atomic E-state index is 13.5. The molecular weight excluding hydrogens is 455 g/mol. The fourth-order valence-electron chi connectivity index (χ4n) is 2.94. The fraction of sp³-hybridized carbons (Fsp3) is 0.222. The number of benzene rings is 1. The molecule has 32 heavy (non-hydrogen) atoms. The highest BCUT2D eigenvalue weighted by Gasteiger charge is 2.35. The Morgan fingerprint density at radius 1 is 0.969 bits per heavy atom. The summed E-state index contributed by atoms with van der Waals surface area (Å²) in [4.78, 5) is 38.0. The highest BCUT2D eigenvalue weighted by Crippen LogP contribution is 2.35. The molecule has 0 atom stereocenters. The first-order chi connectivity index (χ1) is 15.1. The Hall–Kier alpha value is -3.74. The predicted octanol–water partition coefficient (Wildman–Crippen LogP) is 1.24. The number of hydrogen-bond donors (Lipinski definition) is 0. The van der Waals surface area contributed by atoms with E-state index in [-0.39, 0.29) is 23.9 Å². The van der Waals surface area contributed by atoms with Crippen LogP contribution in [0.4, 0.5) is 13.2 Å². The zero-order valence-electron chi connectivity index (χ0n) is 16.3. The van der Waals surface area contributed by atoms with Gasteiger partial charge in [0.05, 0.1) is 30.9 Å². The van der Waals surface area contributed by atoms with Crippen LogP contribution < -0.4 is 17.1 Å². The summed E-state index contributed by atoms with van der Waals surface area (Å²) in [5, 5.41) is 10.4. The highest BCUT2D eigenvalue weighted by atomic mass is 35.5. The van der Waals surface area contributed by atoms with Gasteiger partial charge in [0.1, 0.15) is 0 Å². The van der Waals surface area contributed by atoms with Gasteiger partial charge in [0, 0.05) is 5.02 Å². The summed E-state index contributed by atoms with van der Waals surface area (Å²) in [6.07, 6.45) is -2.22. The van der Waals surface area contributed by atoms with E-state index in [0.717, 1.165) is 19.9 Å². The smallest absolute Gasteiger partial charge is 0.247 e. The van der Waals surface area contributed by atoms with Crippen molar-refractivity contribution in [3.63, 3.8) is 0 Å². The summed E-state index contributed by atoms with van der Waals surface area (Å²) in [6.45, 7) is 5.92. The topological polar surface area (TPSA) is 110 Å². The summed E-state index contributed by atoms with van der Waals surface area (Å²) in [6, 6.07) is 2.98. The Morgan fingerprint density at radius 2 is 1.53 bits per heavy atom. The maximum atomic E-state index is 13.5. The largest absolute Gasteiger partial charge is 0.418 e. The molecule has 0 radical (unpaired) electrons. The summed E-state index contributed by atoms with van der Waals surface area (Å²) < 4.78 is 43.4. The van der Waals surface area contributed by atoms with Crippen molar-refractivity contribution in [1.82, 2.24) is 33.9 Å². The normalized spacial score (nSPS) is 11.5. The SMILES string of the molecule is C=CCn1c(=O)n(CC=C)c(=O)n(Cc2nnnn2-c2ccc(Cl)cc2C(F)(F)F)c1=O. The van der Waals surface area contributed by atoms with E-state index in [1.165, 1.54) is 18.2 Å². The van der Waals surface area contributed by atoms with Crippen LogP contribution in [0.15, 0.2) is 57.9 Å². The van der Waals surface area contributed by atoms with E-state index < -0.39 is 41.0 Å². The highest BCUT2D eigenvalue weighted by molar-refractivity contribution is 6.30. The lowest BCUT2D eigenvalue weighted by molar-refractivity contribution is -0.137. The molecule has 14 heteroatoms. The van der Waals surface area contributed by atoms with E-state index in [2.05, 4.69) is 28.7 Å². The standard InChI is InChI=1S/C18H15ClF3N7O3/c1-3-7-26-15(30)27(8-4-2)17(32)28(16(26)31)10-14-23-24-25-29(14)13-6-5-11(19)9-12(13)18(20,21)22/h3-6,9H,1-2,7-8,10H2. The average molecular weight is 470 g/mol. The molecule has 0 saturated carbocycles. The van der Waals surface area contributed by atoms with Crippen molar-refractivity contribution >= 4 is 11.6 Å². The Kier molecular flexibility index (Phi) is 6.30. The average Bonchev–Trinajstić information content (AvgIpc) is 3.19. The Morgan fingerprint density at radius 3 is 2.06 bits per heavy atom. The van der Waals surface area contributed by atoms with Gasteiger partial charge in [0.2, 0.25) is 0 Å². The molecule has 0 spiro atoms. The molecule has 0 unspecified atom stereocenters. The number of hydrogen-bond acceptors (Lipinski definition) is 6. The van der Waals surface area contributed by atoms with Gasteiger partial charge < -0.3 is 0 Å². The number of nitrogens with zero attached hydrogens (tertiary/aromatic N) is 7. The second-order valence-corrected chi connectivity index (χ2v) is 6.84. The molecule has 3 aromatic rings. The number of allylic oxidation sites excluding steroid dienone is 2. The third-order valence-electron chi connectivity index (χ3n) is 4.33. The molecule has 2 heterocycles. The van der Waals surface area contributed by atoms with Crippen LogP contribution in [0.25, 0.3) is 5.69 Å². The molecule has 0 fully saturated rings. The molecule has 0 aliphatic carbocycles. The second kappa shape index (κ2) is 8.78. The third-order valence-corrected chi connectivity index (χ3v) is 4.57. The van der Waals surface area contributed by atoms with Crippen molar-refractivity contribution in [3.8, 4) is 5.69 Å². The molecule has 0 aliphatic rings. The molecule has 3 rings (SSSR count). The van der Waals surface area contributed by atoms with E-state index in [0.29, 0.717) is 10.6 Å². The molecule has 0 saturated heterocycles. The fourth-order valence-corrected chi connectivity index (χ4v) is 3.11. The maximum Gasteiger partial charge on any atom is 0.418 e. The number of halogens is 4. The minimum atomic E-state index is -4.78. The van der Waals surface area contributed by atoms with Crippen LogP contribution in [-0.2, 0) is 25.8 Å². The lowest BCUT2D eigenvalue weighted by atomic mass is 10.1. The molecule has 10 nitrogen and oxygen atoms in total. The van der Waals surface area contributed by atoms with E-state index in [9.17, 15) is 27.6 Å². The van der Waals surface area contributed by atoms with Gasteiger partial charge in [-0.2, -0.15) is 17.9 Å². The first-order valence-corrected chi connectivity index (χ1v) is 9.28. The van der Waals surface area contributed by atoms with Crippen LogP contribution >= 0.6 is 11.6 Å². The monoisotopic (exact) mass is 469 g/mol. The Bertz CT molecular complexity index is 1320. The lowest BCUT2D eigenvalue weighted by Crippen LogP contribution is -2.54. The Labute approximate surface area is 182 Å². The number of rotatable bonds is 7. The van der Waals surface area contributed by atoms with Gasteiger partial charge in [0.15, 0.2) is 5.82 Å². The minimum Gasteiger partial charge on any atom is -0.247 e. The minimum absolute atomic E-state index is 0.157. The van der Waals surface area contributed by atoms with E-state index >= 15 is 0 Å². The lowest BCUT2D eigenvalue weighted by Gasteiger charge is -2.15. The van der Waals surface area contributed by atoms with Gasteiger partial charge in [-0.1, -0.05) is 23.8 Å². The van der Waals surface area contributed by atoms with Gasteiger partial charge >= 0.3 is 23.2 Å².